The second kappa shape index (κ2) is 18.6. The maximum Gasteiger partial charge on any atom is 1.00 e. The van der Waals surface area contributed by atoms with Crippen molar-refractivity contribution in [3.05, 3.63) is 62.0 Å². The number of nitrogen functional groups attached to an aromatic ring is 1. The van der Waals surface area contributed by atoms with Gasteiger partial charge in [-0.25, -0.2) is 19.4 Å². The Labute approximate surface area is 362 Å². The molecule has 0 spiro atoms. The third kappa shape index (κ3) is 9.29. The van der Waals surface area contributed by atoms with E-state index < -0.39 is 75.6 Å². The molecule has 2 aromatic heterocycles. The number of carbonyl (C=O) groups is 4. The van der Waals surface area contributed by atoms with Crippen LogP contribution in [0.3, 0.4) is 0 Å². The Bertz CT molecular complexity index is 1970. The number of benzene rings is 1. The Hall–Kier alpha value is -2.06. The molecule has 0 bridgehead atoms. The predicted octanol–water partition coefficient (Wildman–Crippen LogP) is -9.95. The molecule has 246 valence electrons. The number of nitrogens with one attached hydrogen (secondary N) is 1. The molecule has 1 unspecified atom stereocenters. The molecule has 0 aliphatic carbocycles. The fourth-order valence-corrected chi connectivity index (χ4v) is 8.29. The van der Waals surface area contributed by atoms with Crippen molar-refractivity contribution in [2.45, 2.75) is 21.7 Å². The Morgan fingerprint density at radius 3 is 2.42 bits per heavy atom. The molecule has 5 rings (SSSR count). The van der Waals surface area contributed by atoms with Gasteiger partial charge in [0.15, 0.2) is 16.7 Å². The number of thiazole rings is 1. The third-order valence-electron chi connectivity index (χ3n) is 6.45. The van der Waals surface area contributed by atoms with Gasteiger partial charge < -0.3 is 41.2 Å². The van der Waals surface area contributed by atoms with Gasteiger partial charge in [0, 0.05) is 28.3 Å². The zero-order valence-corrected chi connectivity index (χ0v) is 35.2. The monoisotopic (exact) mass is 790 g/mol. The van der Waals surface area contributed by atoms with Crippen LogP contribution >= 0.6 is 46.4 Å². The number of aromatic carboxylic acids is 1. The number of hydrogen-bond donors (Lipinski definition) is 5. The van der Waals surface area contributed by atoms with E-state index in [-0.39, 0.29) is 132 Å². The first-order valence-electron chi connectivity index (χ1n) is 12.7. The van der Waals surface area contributed by atoms with Crippen LogP contribution in [-0.2, 0) is 19.2 Å². The van der Waals surface area contributed by atoms with Crippen LogP contribution in [-0.4, -0.2) is 87.9 Å². The quantitative estimate of drug-likeness (QED) is 0.0284. The van der Waals surface area contributed by atoms with Crippen LogP contribution in [0.2, 0.25) is 0 Å². The molecular weight excluding hydrogens is 774 g/mol. The van der Waals surface area contributed by atoms with E-state index in [1.165, 1.54) is 5.38 Å². The summed E-state index contributed by atoms with van der Waals surface area (Å²) >= 11 is 3.67. The molecule has 6 N–H and O–H groups in total. The third-order valence-corrected chi connectivity index (χ3v) is 10.7. The number of nitrogens with zero attached hydrogens (tertiary/aromatic N) is 4. The van der Waals surface area contributed by atoms with Gasteiger partial charge in [0.05, 0.1) is 4.21 Å². The molecule has 18 nitrogen and oxygen atoms in total. The normalized spacial score (nSPS) is 17.7. The summed E-state index contributed by atoms with van der Waals surface area (Å²) in [5.74, 6) is -8.44. The first-order chi connectivity index (χ1) is 22.3. The molecule has 1 amide bonds. The number of oxime groups is 1. The molecule has 0 radical (unpaired) electrons. The average molecular weight is 791 g/mol. The summed E-state index contributed by atoms with van der Waals surface area (Å²) in [6, 6.07) is 1.25. The first kappa shape index (κ1) is 44.1. The SMILES string of the molecule is Nc1nc(/C(=N\OC(C(=O)O)c2ccc([O-])c([O-])c2)C([O-])=N[C@@H]2C(=O)N3C(C(=O)O)=C(CSc4s[nH]c(=O)c4C(=O)O)CS[C@H]23)cs1.[Na+].[Na+].[Na+]. The molecule has 0 saturated carbocycles. The smallest absolute Gasteiger partial charge is 0.873 e. The molecule has 3 aromatic rings. The number of β-lactam (4-membered cyclic amide) rings is 1. The summed E-state index contributed by atoms with van der Waals surface area (Å²) in [6.45, 7) is 0. The zero-order valence-electron chi connectivity index (χ0n) is 26.0. The van der Waals surface area contributed by atoms with Gasteiger partial charge in [-0.3, -0.25) is 23.9 Å². The molecule has 1 fully saturated rings. The topological polar surface area (TPSA) is 307 Å². The number of aromatic nitrogens is 2. The van der Waals surface area contributed by atoms with Gasteiger partial charge in [-0.1, -0.05) is 34.9 Å². The van der Waals surface area contributed by atoms with Crippen LogP contribution in [0.1, 0.15) is 27.7 Å². The number of carboxylic acids is 3. The number of aliphatic imine (C=N–C) groups is 1. The Morgan fingerprint density at radius 2 is 1.84 bits per heavy atom. The molecular formula is C25H17N6Na3O12S4. The van der Waals surface area contributed by atoms with Crippen molar-refractivity contribution in [1.82, 2.24) is 14.3 Å². The van der Waals surface area contributed by atoms with Crippen LogP contribution in [0.4, 0.5) is 5.13 Å². The Morgan fingerprint density at radius 1 is 1.14 bits per heavy atom. The van der Waals surface area contributed by atoms with Gasteiger partial charge >= 0.3 is 107 Å². The summed E-state index contributed by atoms with van der Waals surface area (Å²) in [5, 5.41) is 69.4. The summed E-state index contributed by atoms with van der Waals surface area (Å²) in [4.78, 5) is 74.4. The van der Waals surface area contributed by atoms with E-state index in [1.54, 1.807) is 0 Å². The number of aromatic amines is 1. The number of H-pyrrole nitrogens is 1. The minimum Gasteiger partial charge on any atom is -0.873 e. The average Bonchev–Trinajstić information content (AvgIpc) is 3.62. The van der Waals surface area contributed by atoms with E-state index in [9.17, 15) is 54.6 Å². The fourth-order valence-electron chi connectivity index (χ4n) is 4.31. The molecule has 25 heteroatoms. The summed E-state index contributed by atoms with van der Waals surface area (Å²) in [6.07, 6.45) is -1.93. The minimum absolute atomic E-state index is 0. The first-order valence-corrected chi connectivity index (χ1v) is 16.4. The van der Waals surface area contributed by atoms with Crippen LogP contribution in [0.25, 0.3) is 0 Å². The second-order valence-corrected chi connectivity index (χ2v) is 13.4. The molecule has 1 saturated heterocycles. The molecule has 4 heterocycles. The van der Waals surface area contributed by atoms with E-state index in [4.69, 9.17) is 10.6 Å². The van der Waals surface area contributed by atoms with Crippen molar-refractivity contribution in [3.63, 3.8) is 0 Å². The van der Waals surface area contributed by atoms with Crippen molar-refractivity contribution in [1.29, 1.82) is 0 Å². The molecule has 50 heavy (non-hydrogen) atoms. The van der Waals surface area contributed by atoms with Gasteiger partial charge in [0.1, 0.15) is 22.5 Å². The molecule has 2 aliphatic heterocycles. The Balaban J connectivity index is 0.00000289. The second-order valence-electron chi connectivity index (χ2n) is 9.38. The van der Waals surface area contributed by atoms with E-state index in [0.717, 1.165) is 69.5 Å². The van der Waals surface area contributed by atoms with Crippen LogP contribution < -0.4 is 115 Å². The van der Waals surface area contributed by atoms with Crippen molar-refractivity contribution in [2.24, 2.45) is 10.1 Å². The Kier molecular flexibility index (Phi) is 16.4. The maximum atomic E-state index is 13.3. The predicted molar refractivity (Wildman–Crippen MR) is 161 cm³/mol. The van der Waals surface area contributed by atoms with E-state index in [2.05, 4.69) is 19.5 Å². The number of fused-ring (bicyclic) bond motifs is 1. The summed E-state index contributed by atoms with van der Waals surface area (Å²) in [5.41, 5.74) is 3.20. The number of nitrogens with two attached hydrogens (primary N) is 1. The van der Waals surface area contributed by atoms with Crippen LogP contribution in [0, 0.1) is 0 Å². The number of aliphatic carboxylic acids is 2. The van der Waals surface area contributed by atoms with Gasteiger partial charge in [-0.15, -0.1) is 46.4 Å². The van der Waals surface area contributed by atoms with Crippen molar-refractivity contribution < 1.29 is 143 Å². The zero-order chi connectivity index (χ0) is 34.2. The van der Waals surface area contributed by atoms with Gasteiger partial charge in [0.25, 0.3) is 11.5 Å². The number of rotatable bonds is 12. The van der Waals surface area contributed by atoms with Gasteiger partial charge in [0.2, 0.25) is 6.10 Å². The number of hydrogen-bond acceptors (Lipinski definition) is 17. The molecule has 2 aliphatic rings. The van der Waals surface area contributed by atoms with Gasteiger partial charge in [-0.2, -0.15) is 0 Å². The van der Waals surface area contributed by atoms with Crippen LogP contribution in [0.15, 0.2) is 54.0 Å². The number of amides is 1. The number of thioether (sulfide) groups is 2. The summed E-state index contributed by atoms with van der Waals surface area (Å²) < 4.78 is 2.43. The van der Waals surface area contributed by atoms with Crippen molar-refractivity contribution in [2.75, 3.05) is 17.2 Å². The molecule has 3 atom stereocenters. The standard InChI is InChI=1S/C25H20N6O12S4.3Na/c26-25-27-9(6-46-25)13(29-43-16(23(41)42)7-1-2-10(32)11(33)3-7)18(35)28-14-19(36)31-15(22(39)40)8(4-44-20(14)31)5-45-24-12(21(37)38)17(34)30-47-24;;;/h1-3,6,14,16,20,32-33H,4-5H2,(H2,26,27)(H,28,35)(H,30,34)(H,37,38)(H,39,40)(H,41,42);;;/q;3*+1/p-3/b29-13+;;;/t14-,16?,20-;;;/m1.../s1. The number of carboxylic acid groups (broad SMARTS) is 3. The van der Waals surface area contributed by atoms with E-state index in [1.807, 2.05) is 0 Å². The van der Waals surface area contributed by atoms with Crippen LogP contribution in [0.5, 0.6) is 11.5 Å². The fraction of sp³-hybridized carbons (Fsp3) is 0.200. The van der Waals surface area contributed by atoms with E-state index in [0.29, 0.717) is 0 Å². The maximum absolute atomic E-state index is 13.3. The summed E-state index contributed by atoms with van der Waals surface area (Å²) in [7, 11) is 0. The minimum atomic E-state index is -1.93. The number of carbonyl (C=O) groups excluding carboxylic acids is 1. The number of anilines is 1. The van der Waals surface area contributed by atoms with Crippen molar-refractivity contribution in [3.8, 4) is 11.5 Å². The largest absolute Gasteiger partial charge is 1.00 e. The van der Waals surface area contributed by atoms with E-state index >= 15 is 0 Å². The molecule has 1 aromatic carbocycles. The van der Waals surface area contributed by atoms with Gasteiger partial charge in [-0.05, 0) is 5.57 Å². The van der Waals surface area contributed by atoms with Crippen molar-refractivity contribution >= 4 is 86.9 Å².